The van der Waals surface area contributed by atoms with E-state index in [1.807, 2.05) is 58.0 Å². The molecule has 1 aliphatic heterocycles. The van der Waals surface area contributed by atoms with E-state index in [-0.39, 0.29) is 19.1 Å². The van der Waals surface area contributed by atoms with Gasteiger partial charge in [-0.15, -0.1) is 11.3 Å². The molecule has 2 heterocycles. The van der Waals surface area contributed by atoms with Crippen molar-refractivity contribution in [1.82, 2.24) is 5.32 Å². The van der Waals surface area contributed by atoms with Crippen LogP contribution < -0.4 is 5.32 Å². The third-order valence-corrected chi connectivity index (χ3v) is 8.32. The Balaban J connectivity index is 1.28. The Morgan fingerprint density at radius 3 is 2.17 bits per heavy atom. The topological polar surface area (TPSA) is 56.8 Å². The number of fused-ring (bicyclic) bond motifs is 3. The number of rotatable bonds is 6. The number of amides is 1. The first-order valence-corrected chi connectivity index (χ1v) is 13.2. The van der Waals surface area contributed by atoms with Crippen molar-refractivity contribution in [2.45, 2.75) is 51.7 Å². The highest BCUT2D eigenvalue weighted by molar-refractivity contribution is 7.10. The van der Waals surface area contributed by atoms with Crippen LogP contribution in [0.25, 0.3) is 17.2 Å². The molecule has 2 aliphatic rings. The maximum absolute atomic E-state index is 12.8. The lowest BCUT2D eigenvalue weighted by Gasteiger charge is -2.32. The molecule has 0 spiro atoms. The molecule has 36 heavy (non-hydrogen) atoms. The SMILES string of the molecule is Cc1cc(C=C(CNC(=O)OCC2c3ccccc3-c3ccccc32)B2OC(C)(C)C(C)(C)O2)cs1. The number of nitrogens with one attached hydrogen (secondary N) is 1. The van der Waals surface area contributed by atoms with E-state index in [0.717, 1.165) is 11.0 Å². The van der Waals surface area contributed by atoms with Gasteiger partial charge < -0.3 is 19.4 Å². The number of thiophene rings is 1. The first-order chi connectivity index (χ1) is 17.1. The van der Waals surface area contributed by atoms with Crippen LogP contribution in [-0.4, -0.2) is 37.6 Å². The Hall–Kier alpha value is -2.87. The number of carbonyl (C=O) groups is 1. The van der Waals surface area contributed by atoms with E-state index in [9.17, 15) is 4.79 Å². The molecule has 0 atom stereocenters. The van der Waals surface area contributed by atoms with Crippen molar-refractivity contribution in [3.63, 3.8) is 0 Å². The first kappa shape index (κ1) is 24.8. The van der Waals surface area contributed by atoms with Gasteiger partial charge in [0, 0.05) is 17.3 Å². The van der Waals surface area contributed by atoms with Crippen molar-refractivity contribution in [2.24, 2.45) is 0 Å². The molecular formula is C29H32BNO4S. The zero-order valence-electron chi connectivity index (χ0n) is 21.5. The number of carbonyl (C=O) groups excluding carboxylic acids is 1. The van der Waals surface area contributed by atoms with Crippen LogP contribution in [0, 0.1) is 6.92 Å². The number of hydrogen-bond donors (Lipinski definition) is 1. The van der Waals surface area contributed by atoms with E-state index >= 15 is 0 Å². The Labute approximate surface area is 217 Å². The summed E-state index contributed by atoms with van der Waals surface area (Å²) in [6.45, 7) is 10.7. The summed E-state index contributed by atoms with van der Waals surface area (Å²) in [4.78, 5) is 14.0. The minimum absolute atomic E-state index is 0.0232. The molecule has 0 saturated carbocycles. The minimum atomic E-state index is -0.552. The van der Waals surface area contributed by atoms with E-state index < -0.39 is 24.4 Å². The smallest absolute Gasteiger partial charge is 0.449 e. The lowest BCUT2D eigenvalue weighted by Crippen LogP contribution is -2.41. The highest BCUT2D eigenvalue weighted by Crippen LogP contribution is 2.44. The average Bonchev–Trinajstić information content (AvgIpc) is 3.46. The van der Waals surface area contributed by atoms with Crippen LogP contribution in [0.1, 0.15) is 55.2 Å². The predicted octanol–water partition coefficient (Wildman–Crippen LogP) is 6.61. The summed E-state index contributed by atoms with van der Waals surface area (Å²) in [5.74, 6) is 0.0232. The van der Waals surface area contributed by atoms with E-state index in [4.69, 9.17) is 14.0 Å². The van der Waals surface area contributed by atoms with Crippen molar-refractivity contribution in [3.8, 4) is 11.1 Å². The highest BCUT2D eigenvalue weighted by atomic mass is 32.1. The van der Waals surface area contributed by atoms with Crippen LogP contribution in [0.4, 0.5) is 4.79 Å². The Bertz CT molecular complexity index is 1250. The van der Waals surface area contributed by atoms with Gasteiger partial charge in [0.1, 0.15) is 6.61 Å². The summed E-state index contributed by atoms with van der Waals surface area (Å²) >= 11 is 1.69. The molecule has 1 aliphatic carbocycles. The lowest BCUT2D eigenvalue weighted by molar-refractivity contribution is 0.00578. The Morgan fingerprint density at radius 2 is 1.61 bits per heavy atom. The van der Waals surface area contributed by atoms with Gasteiger partial charge in [0.2, 0.25) is 0 Å². The van der Waals surface area contributed by atoms with Crippen LogP contribution in [-0.2, 0) is 14.0 Å². The summed E-state index contributed by atoms with van der Waals surface area (Å²) < 4.78 is 18.3. The van der Waals surface area contributed by atoms with Crippen LogP contribution >= 0.6 is 11.3 Å². The minimum Gasteiger partial charge on any atom is -0.449 e. The van der Waals surface area contributed by atoms with Gasteiger partial charge in [-0.1, -0.05) is 54.6 Å². The molecule has 1 fully saturated rings. The van der Waals surface area contributed by atoms with Crippen LogP contribution in [0.5, 0.6) is 0 Å². The van der Waals surface area contributed by atoms with E-state index in [0.29, 0.717) is 0 Å². The number of aryl methyl sites for hydroxylation is 1. The maximum Gasteiger partial charge on any atom is 0.492 e. The van der Waals surface area contributed by atoms with Crippen LogP contribution in [0.15, 0.2) is 65.4 Å². The molecule has 1 saturated heterocycles. The molecule has 3 aromatic rings. The van der Waals surface area contributed by atoms with Gasteiger partial charge in [-0.05, 0) is 79.4 Å². The number of ether oxygens (including phenoxy) is 1. The summed E-state index contributed by atoms with van der Waals surface area (Å²) in [6.07, 6.45) is 1.58. The highest BCUT2D eigenvalue weighted by Gasteiger charge is 2.52. The largest absolute Gasteiger partial charge is 0.492 e. The zero-order valence-corrected chi connectivity index (χ0v) is 22.3. The second kappa shape index (κ2) is 9.54. The van der Waals surface area contributed by atoms with E-state index in [1.54, 1.807) is 11.3 Å². The lowest BCUT2D eigenvalue weighted by atomic mass is 9.77. The molecule has 1 aromatic heterocycles. The molecule has 0 bridgehead atoms. The quantitative estimate of drug-likeness (QED) is 0.386. The van der Waals surface area contributed by atoms with Gasteiger partial charge in [-0.3, -0.25) is 0 Å². The average molecular weight is 501 g/mol. The molecule has 0 unspecified atom stereocenters. The second-order valence-corrected chi connectivity index (χ2v) is 11.6. The summed E-state index contributed by atoms with van der Waals surface area (Å²) in [7, 11) is -0.552. The summed E-state index contributed by atoms with van der Waals surface area (Å²) in [5.41, 5.74) is 5.78. The molecule has 5 rings (SSSR count). The predicted molar refractivity (Wildman–Crippen MR) is 146 cm³/mol. The second-order valence-electron chi connectivity index (χ2n) is 10.5. The molecule has 0 radical (unpaired) electrons. The number of benzene rings is 2. The van der Waals surface area contributed by atoms with E-state index in [2.05, 4.69) is 48.0 Å². The fraction of sp³-hybridized carbons (Fsp3) is 0.345. The van der Waals surface area contributed by atoms with Gasteiger partial charge in [-0.2, -0.15) is 0 Å². The molecule has 186 valence electrons. The van der Waals surface area contributed by atoms with Crippen LogP contribution in [0.3, 0.4) is 0 Å². The standard InChI is InChI=1S/C29H32BNO4S/c1-19-14-20(18-36-19)15-21(30-34-28(2,3)29(4,5)35-30)16-31-27(32)33-17-26-24-12-8-6-10-22(24)23-11-7-9-13-25(23)26/h6-15,18,26H,16-17H2,1-5H3,(H,31,32). The molecule has 5 nitrogen and oxygen atoms in total. The first-order valence-electron chi connectivity index (χ1n) is 12.3. The normalized spacial score (nSPS) is 18.1. The monoisotopic (exact) mass is 501 g/mol. The maximum atomic E-state index is 12.8. The number of alkyl carbamates (subject to hydrolysis) is 1. The Kier molecular flexibility index (Phi) is 6.58. The molecule has 7 heteroatoms. The number of hydrogen-bond acceptors (Lipinski definition) is 5. The van der Waals surface area contributed by atoms with Crippen LogP contribution in [0.2, 0.25) is 0 Å². The third-order valence-electron chi connectivity index (χ3n) is 7.44. The fourth-order valence-electron chi connectivity index (χ4n) is 4.77. The zero-order chi connectivity index (χ0) is 25.5. The van der Waals surface area contributed by atoms with Gasteiger partial charge in [-0.25, -0.2) is 4.79 Å². The van der Waals surface area contributed by atoms with Gasteiger partial charge in [0.05, 0.1) is 11.2 Å². The van der Waals surface area contributed by atoms with Gasteiger partial charge in [0.15, 0.2) is 0 Å². The molecule has 1 N–H and O–H groups in total. The Morgan fingerprint density at radius 1 is 1.03 bits per heavy atom. The molecular weight excluding hydrogens is 469 g/mol. The summed E-state index contributed by atoms with van der Waals surface area (Å²) in [6, 6.07) is 18.8. The fourth-order valence-corrected chi connectivity index (χ4v) is 5.44. The van der Waals surface area contributed by atoms with Crippen molar-refractivity contribution in [3.05, 3.63) is 87.0 Å². The van der Waals surface area contributed by atoms with Gasteiger partial charge >= 0.3 is 13.2 Å². The molecule has 2 aromatic carbocycles. The summed E-state index contributed by atoms with van der Waals surface area (Å²) in [5, 5.41) is 5.02. The third kappa shape index (κ3) is 4.75. The van der Waals surface area contributed by atoms with Crippen molar-refractivity contribution in [2.75, 3.05) is 13.2 Å². The van der Waals surface area contributed by atoms with Crippen molar-refractivity contribution in [1.29, 1.82) is 0 Å². The van der Waals surface area contributed by atoms with E-state index in [1.165, 1.54) is 27.1 Å². The van der Waals surface area contributed by atoms with Crippen molar-refractivity contribution >= 4 is 30.6 Å². The van der Waals surface area contributed by atoms with Crippen molar-refractivity contribution < 1.29 is 18.8 Å². The molecule has 1 amide bonds. The van der Waals surface area contributed by atoms with Gasteiger partial charge in [0.25, 0.3) is 0 Å².